The average Bonchev–Trinajstić information content (AvgIpc) is 2.46. The van der Waals surface area contributed by atoms with Crippen molar-refractivity contribution in [3.8, 4) is 0 Å². The Balaban J connectivity index is 2.38. The van der Waals surface area contributed by atoms with Crippen molar-refractivity contribution in [3.05, 3.63) is 75.4 Å². The van der Waals surface area contributed by atoms with Crippen molar-refractivity contribution in [1.82, 2.24) is 0 Å². The van der Waals surface area contributed by atoms with E-state index in [1.807, 2.05) is 25.1 Å². The number of carbonyl (C=O) groups is 1. The quantitative estimate of drug-likeness (QED) is 0.404. The maximum absolute atomic E-state index is 11.1. The van der Waals surface area contributed by atoms with Crippen molar-refractivity contribution in [2.24, 2.45) is 0 Å². The van der Waals surface area contributed by atoms with Crippen molar-refractivity contribution in [3.63, 3.8) is 0 Å². The van der Waals surface area contributed by atoms with Crippen LogP contribution in [0.1, 0.15) is 34.3 Å². The zero-order valence-corrected chi connectivity index (χ0v) is 16.8. The number of hydrogen-bond acceptors (Lipinski definition) is 2. The highest BCUT2D eigenvalue weighted by atomic mass is 35.5. The molecule has 0 saturated heterocycles. The van der Waals surface area contributed by atoms with Crippen LogP contribution in [0.15, 0.2) is 48.7 Å². The summed E-state index contributed by atoms with van der Waals surface area (Å²) < 4.78 is -1.12. The lowest BCUT2D eigenvalue weighted by molar-refractivity contribution is 0.112. The van der Waals surface area contributed by atoms with Gasteiger partial charge in [0.1, 0.15) is 4.33 Å². The highest BCUT2D eigenvalue weighted by Gasteiger charge is 2.34. The summed E-state index contributed by atoms with van der Waals surface area (Å²) in [5, 5.41) is 4.14. The Labute approximate surface area is 167 Å². The van der Waals surface area contributed by atoms with Gasteiger partial charge in [-0.2, -0.15) is 0 Å². The summed E-state index contributed by atoms with van der Waals surface area (Å²) >= 11 is 25.0. The van der Waals surface area contributed by atoms with Gasteiger partial charge < -0.3 is 5.32 Å². The van der Waals surface area contributed by atoms with Crippen LogP contribution < -0.4 is 5.32 Å². The van der Waals surface area contributed by atoms with Gasteiger partial charge in [-0.25, -0.2) is 0 Å². The molecule has 0 aliphatic heterocycles. The Morgan fingerprint density at radius 3 is 2.44 bits per heavy atom. The molecule has 0 radical (unpaired) electrons. The maximum Gasteiger partial charge on any atom is 0.151 e. The molecule has 0 amide bonds. The SMILES string of the molecule is C=C(Nc1ccc(Cl)c(C=O)c1)C(c1cc(C)cc(Cl)c1)C(C)(Cl)Cl. The van der Waals surface area contributed by atoms with Gasteiger partial charge in [-0.3, -0.25) is 4.79 Å². The average molecular weight is 417 g/mol. The summed E-state index contributed by atoms with van der Waals surface area (Å²) in [6.07, 6.45) is 0.696. The minimum atomic E-state index is -1.12. The van der Waals surface area contributed by atoms with E-state index in [0.717, 1.165) is 11.1 Å². The highest BCUT2D eigenvalue weighted by Crippen LogP contribution is 2.43. The third-order valence-electron chi connectivity index (χ3n) is 3.68. The van der Waals surface area contributed by atoms with Gasteiger partial charge in [0.15, 0.2) is 6.29 Å². The smallest absolute Gasteiger partial charge is 0.151 e. The van der Waals surface area contributed by atoms with Crippen LogP contribution in [0.25, 0.3) is 0 Å². The molecule has 0 fully saturated rings. The van der Waals surface area contributed by atoms with Crippen LogP contribution >= 0.6 is 46.4 Å². The number of rotatable bonds is 6. The summed E-state index contributed by atoms with van der Waals surface area (Å²) in [5.74, 6) is -0.427. The summed E-state index contributed by atoms with van der Waals surface area (Å²) in [6, 6.07) is 10.7. The predicted molar refractivity (Wildman–Crippen MR) is 109 cm³/mol. The number of carbonyl (C=O) groups excluding carboxylic acids is 1. The van der Waals surface area contributed by atoms with E-state index in [1.54, 1.807) is 25.1 Å². The third-order valence-corrected chi connectivity index (χ3v) is 4.68. The van der Waals surface area contributed by atoms with Gasteiger partial charge in [-0.05, 0) is 55.3 Å². The third kappa shape index (κ3) is 5.15. The molecule has 0 spiro atoms. The van der Waals surface area contributed by atoms with Gasteiger partial charge in [-0.15, -0.1) is 23.2 Å². The number of hydrogen-bond donors (Lipinski definition) is 1. The summed E-state index contributed by atoms with van der Waals surface area (Å²) in [7, 11) is 0. The molecule has 0 bridgehead atoms. The van der Waals surface area contributed by atoms with Crippen LogP contribution in [0, 0.1) is 6.92 Å². The number of halogens is 4. The van der Waals surface area contributed by atoms with Gasteiger partial charge in [-0.1, -0.05) is 35.8 Å². The number of nitrogens with one attached hydrogen (secondary N) is 1. The molecule has 0 aliphatic rings. The zero-order chi connectivity index (χ0) is 18.8. The lowest BCUT2D eigenvalue weighted by Gasteiger charge is -2.30. The zero-order valence-electron chi connectivity index (χ0n) is 13.7. The predicted octanol–water partition coefficient (Wildman–Crippen LogP) is 7.02. The van der Waals surface area contributed by atoms with E-state index in [4.69, 9.17) is 46.4 Å². The number of aldehydes is 1. The molecule has 2 nitrogen and oxygen atoms in total. The highest BCUT2D eigenvalue weighted by molar-refractivity contribution is 6.49. The second kappa shape index (κ2) is 8.01. The van der Waals surface area contributed by atoms with Gasteiger partial charge in [0.2, 0.25) is 0 Å². The minimum absolute atomic E-state index is 0.382. The molecular formula is C19H17Cl4NO. The number of benzene rings is 2. The fourth-order valence-corrected chi connectivity index (χ4v) is 3.68. The Bertz CT molecular complexity index is 791. The van der Waals surface area contributed by atoms with Crippen molar-refractivity contribution in [1.29, 1.82) is 0 Å². The molecule has 6 heteroatoms. The number of anilines is 1. The molecule has 1 N–H and O–H groups in total. The van der Waals surface area contributed by atoms with Gasteiger partial charge in [0.05, 0.1) is 10.9 Å². The van der Waals surface area contributed by atoms with E-state index in [2.05, 4.69) is 11.9 Å². The molecule has 2 aromatic rings. The Morgan fingerprint density at radius 2 is 1.88 bits per heavy atom. The molecule has 132 valence electrons. The van der Waals surface area contributed by atoms with Crippen LogP contribution in [0.4, 0.5) is 5.69 Å². The molecule has 2 aromatic carbocycles. The largest absolute Gasteiger partial charge is 0.359 e. The first kappa shape index (κ1) is 20.1. The molecule has 0 heterocycles. The van der Waals surface area contributed by atoms with Crippen molar-refractivity contribution in [2.45, 2.75) is 24.1 Å². The summed E-state index contributed by atoms with van der Waals surface area (Å²) in [5.41, 5.74) is 3.47. The molecular weight excluding hydrogens is 400 g/mol. The topological polar surface area (TPSA) is 29.1 Å². The molecule has 1 atom stereocenters. The summed E-state index contributed by atoms with van der Waals surface area (Å²) in [4.78, 5) is 11.1. The lowest BCUT2D eigenvalue weighted by atomic mass is 9.91. The Hall–Kier alpha value is -1.19. The van der Waals surface area contributed by atoms with Gasteiger partial charge >= 0.3 is 0 Å². The lowest BCUT2D eigenvalue weighted by Crippen LogP contribution is -2.25. The van der Waals surface area contributed by atoms with E-state index >= 15 is 0 Å². The first-order valence-corrected chi connectivity index (χ1v) is 8.98. The van der Waals surface area contributed by atoms with Crippen LogP contribution in [0.5, 0.6) is 0 Å². The first-order valence-electron chi connectivity index (χ1n) is 7.47. The monoisotopic (exact) mass is 415 g/mol. The number of allylic oxidation sites excluding steroid dienone is 1. The molecule has 0 aliphatic carbocycles. The van der Waals surface area contributed by atoms with Crippen LogP contribution in [-0.2, 0) is 0 Å². The fourth-order valence-electron chi connectivity index (χ4n) is 2.70. The van der Waals surface area contributed by atoms with Crippen molar-refractivity contribution >= 4 is 58.4 Å². The molecule has 1 unspecified atom stereocenters. The van der Waals surface area contributed by atoms with Crippen LogP contribution in [0.3, 0.4) is 0 Å². The minimum Gasteiger partial charge on any atom is -0.359 e. The number of alkyl halides is 2. The molecule has 25 heavy (non-hydrogen) atoms. The molecule has 0 aromatic heterocycles. The van der Waals surface area contributed by atoms with E-state index in [9.17, 15) is 4.79 Å². The second-order valence-corrected chi connectivity index (χ2v) is 8.56. The molecule has 2 rings (SSSR count). The first-order chi connectivity index (χ1) is 11.6. The second-order valence-electron chi connectivity index (χ2n) is 5.96. The Kier molecular flexibility index (Phi) is 6.45. The van der Waals surface area contributed by atoms with E-state index in [0.29, 0.717) is 33.3 Å². The van der Waals surface area contributed by atoms with E-state index in [-0.39, 0.29) is 0 Å². The van der Waals surface area contributed by atoms with Gasteiger partial charge in [0.25, 0.3) is 0 Å². The molecule has 0 saturated carbocycles. The van der Waals surface area contributed by atoms with Crippen LogP contribution in [-0.4, -0.2) is 10.6 Å². The normalized spacial score (nSPS) is 12.6. The standard InChI is InChI=1S/C19H17Cl4NO/c1-11-6-13(8-15(20)7-11)18(19(3,22)23)12(2)24-16-4-5-17(21)14(9-16)10-25/h4-10,18,24H,2H2,1,3H3. The summed E-state index contributed by atoms with van der Waals surface area (Å²) in [6.45, 7) is 7.73. The van der Waals surface area contributed by atoms with Gasteiger partial charge in [0, 0.05) is 22.0 Å². The van der Waals surface area contributed by atoms with Crippen LogP contribution in [0.2, 0.25) is 10.0 Å². The maximum atomic E-state index is 11.1. The van der Waals surface area contributed by atoms with E-state index in [1.165, 1.54) is 0 Å². The fraction of sp³-hybridized carbons (Fsp3) is 0.211. The Morgan fingerprint density at radius 1 is 1.20 bits per heavy atom. The number of aryl methyl sites for hydroxylation is 1. The van der Waals surface area contributed by atoms with Crippen molar-refractivity contribution in [2.75, 3.05) is 5.32 Å². The van der Waals surface area contributed by atoms with E-state index < -0.39 is 10.3 Å². The van der Waals surface area contributed by atoms with Crippen molar-refractivity contribution < 1.29 is 4.79 Å².